The van der Waals surface area contributed by atoms with Gasteiger partial charge in [-0.05, 0) is 37.5 Å². The monoisotopic (exact) mass is 267 g/mol. The summed E-state index contributed by atoms with van der Waals surface area (Å²) in [4.78, 5) is 11.5. The van der Waals surface area contributed by atoms with Crippen LogP contribution in [-0.4, -0.2) is 20.2 Å². The molecule has 1 aliphatic carbocycles. The summed E-state index contributed by atoms with van der Waals surface area (Å²) in [5.74, 6) is -0.125. The summed E-state index contributed by atoms with van der Waals surface area (Å²) in [5, 5.41) is 0. The van der Waals surface area contributed by atoms with Crippen molar-refractivity contribution in [2.75, 3.05) is 0 Å². The highest BCUT2D eigenvalue weighted by molar-refractivity contribution is 7.89. The van der Waals surface area contributed by atoms with Crippen molar-refractivity contribution in [3.8, 4) is 0 Å². The number of nitrogens with one attached hydrogen (secondary N) is 1. The number of hydrogen-bond donors (Lipinski definition) is 1. The minimum absolute atomic E-state index is 0.0710. The first kappa shape index (κ1) is 13.2. The smallest absolute Gasteiger partial charge is 0.240 e. The van der Waals surface area contributed by atoms with E-state index in [0.29, 0.717) is 0 Å². The lowest BCUT2D eigenvalue weighted by Gasteiger charge is -2.09. The van der Waals surface area contributed by atoms with E-state index in [2.05, 4.69) is 4.72 Å². The van der Waals surface area contributed by atoms with E-state index in [1.54, 1.807) is 24.3 Å². The first-order valence-corrected chi connectivity index (χ1v) is 7.51. The van der Waals surface area contributed by atoms with E-state index >= 15 is 0 Å². The topological polar surface area (TPSA) is 63.2 Å². The summed E-state index contributed by atoms with van der Waals surface area (Å²) in [5.41, 5.74) is 0.841. The molecule has 2 rings (SSSR count). The summed E-state index contributed by atoms with van der Waals surface area (Å²) in [6, 6.07) is 6.62. The number of benzene rings is 1. The number of rotatable bonds is 5. The molecule has 0 spiro atoms. The zero-order chi connectivity index (χ0) is 13.3. The van der Waals surface area contributed by atoms with E-state index in [-0.39, 0.29) is 22.6 Å². The van der Waals surface area contributed by atoms with Crippen molar-refractivity contribution < 1.29 is 13.2 Å². The Hall–Kier alpha value is -1.20. The van der Waals surface area contributed by atoms with Crippen LogP contribution in [0.1, 0.15) is 38.2 Å². The molecule has 4 nitrogen and oxygen atoms in total. The van der Waals surface area contributed by atoms with Crippen LogP contribution in [0, 0.1) is 0 Å². The number of Topliss-reactive ketones (excluding diaryl/α,β-unsaturated/α-hetero) is 1. The van der Waals surface area contributed by atoms with Gasteiger partial charge in [0.05, 0.1) is 4.90 Å². The summed E-state index contributed by atoms with van der Waals surface area (Å²) in [6.45, 7) is 3.35. The minimum atomic E-state index is -3.39. The van der Waals surface area contributed by atoms with Crippen molar-refractivity contribution in [3.63, 3.8) is 0 Å². The van der Waals surface area contributed by atoms with Crippen LogP contribution in [0.3, 0.4) is 0 Å². The van der Waals surface area contributed by atoms with Gasteiger partial charge in [-0.2, -0.15) is 0 Å². The Bertz CT molecular complexity index is 544. The Labute approximate surface area is 107 Å². The number of hydrogen-bond acceptors (Lipinski definition) is 3. The van der Waals surface area contributed by atoms with E-state index < -0.39 is 10.0 Å². The fraction of sp³-hybridized carbons (Fsp3) is 0.462. The fourth-order valence-corrected chi connectivity index (χ4v) is 2.96. The van der Waals surface area contributed by atoms with Crippen molar-refractivity contribution in [2.45, 2.75) is 43.5 Å². The fourth-order valence-electron chi connectivity index (χ4n) is 1.66. The Kier molecular flexibility index (Phi) is 3.54. The molecule has 1 unspecified atom stereocenters. The molecule has 18 heavy (non-hydrogen) atoms. The largest absolute Gasteiger partial charge is 0.299 e. The average Bonchev–Trinajstić information content (AvgIpc) is 3.11. The summed E-state index contributed by atoms with van der Waals surface area (Å²) in [7, 11) is -3.39. The standard InChI is InChI=1S/C13H17NO3S/c1-9(10(2)15)11-3-7-13(8-4-11)18(16,17)14-12-5-6-12/h3-4,7-9,12,14H,5-6H2,1-2H3. The van der Waals surface area contributed by atoms with Gasteiger partial charge in [-0.15, -0.1) is 0 Å². The van der Waals surface area contributed by atoms with Gasteiger partial charge in [0.2, 0.25) is 10.0 Å². The van der Waals surface area contributed by atoms with Gasteiger partial charge in [0.25, 0.3) is 0 Å². The van der Waals surface area contributed by atoms with Crippen LogP contribution in [0.2, 0.25) is 0 Å². The third kappa shape index (κ3) is 2.97. The molecule has 1 fully saturated rings. The van der Waals surface area contributed by atoms with Gasteiger partial charge in [-0.1, -0.05) is 19.1 Å². The van der Waals surface area contributed by atoms with Crippen LogP contribution in [0.15, 0.2) is 29.2 Å². The summed E-state index contributed by atoms with van der Waals surface area (Å²) < 4.78 is 26.5. The van der Waals surface area contributed by atoms with Gasteiger partial charge >= 0.3 is 0 Å². The molecule has 0 aromatic heterocycles. The van der Waals surface area contributed by atoms with Gasteiger partial charge in [-0.25, -0.2) is 13.1 Å². The Morgan fingerprint density at radius 3 is 2.28 bits per heavy atom. The molecule has 1 saturated carbocycles. The number of carbonyl (C=O) groups excluding carboxylic acids is 1. The molecule has 1 aromatic rings. The lowest BCUT2D eigenvalue weighted by Crippen LogP contribution is -2.25. The van der Waals surface area contributed by atoms with E-state index in [4.69, 9.17) is 0 Å². The Morgan fingerprint density at radius 1 is 1.28 bits per heavy atom. The predicted molar refractivity (Wildman–Crippen MR) is 68.9 cm³/mol. The molecule has 0 amide bonds. The second kappa shape index (κ2) is 4.82. The van der Waals surface area contributed by atoms with Crippen molar-refractivity contribution in [1.29, 1.82) is 0 Å². The Balaban J connectivity index is 2.18. The Morgan fingerprint density at radius 2 is 1.83 bits per heavy atom. The molecule has 0 heterocycles. The third-order valence-electron chi connectivity index (χ3n) is 3.20. The van der Waals surface area contributed by atoms with Gasteiger partial charge in [0.15, 0.2) is 0 Å². The van der Waals surface area contributed by atoms with Gasteiger partial charge in [0.1, 0.15) is 5.78 Å². The summed E-state index contributed by atoms with van der Waals surface area (Å²) in [6.07, 6.45) is 1.83. The van der Waals surface area contributed by atoms with Crippen LogP contribution in [0.5, 0.6) is 0 Å². The molecule has 0 radical (unpaired) electrons. The molecule has 0 bridgehead atoms. The number of ketones is 1. The highest BCUT2D eigenvalue weighted by atomic mass is 32.2. The van der Waals surface area contributed by atoms with E-state index in [1.165, 1.54) is 6.92 Å². The highest BCUT2D eigenvalue weighted by Crippen LogP contribution is 2.23. The lowest BCUT2D eigenvalue weighted by atomic mass is 9.98. The maximum Gasteiger partial charge on any atom is 0.240 e. The van der Waals surface area contributed by atoms with Crippen molar-refractivity contribution in [2.24, 2.45) is 0 Å². The molecule has 1 N–H and O–H groups in total. The maximum absolute atomic E-state index is 11.9. The molecule has 1 atom stereocenters. The quantitative estimate of drug-likeness (QED) is 0.885. The van der Waals surface area contributed by atoms with Crippen molar-refractivity contribution in [1.82, 2.24) is 4.72 Å². The van der Waals surface area contributed by atoms with Crippen LogP contribution in [-0.2, 0) is 14.8 Å². The van der Waals surface area contributed by atoms with E-state index in [9.17, 15) is 13.2 Å². The van der Waals surface area contributed by atoms with Crippen LogP contribution < -0.4 is 4.72 Å². The molecule has 1 aliphatic rings. The molecular weight excluding hydrogens is 250 g/mol. The first-order chi connectivity index (χ1) is 8.40. The van der Waals surface area contributed by atoms with Crippen molar-refractivity contribution in [3.05, 3.63) is 29.8 Å². The van der Waals surface area contributed by atoms with Gasteiger partial charge in [-0.3, -0.25) is 4.79 Å². The summed E-state index contributed by atoms with van der Waals surface area (Å²) >= 11 is 0. The molecule has 5 heteroatoms. The normalized spacial score (nSPS) is 17.4. The number of carbonyl (C=O) groups is 1. The average molecular weight is 267 g/mol. The SMILES string of the molecule is CC(=O)C(C)c1ccc(S(=O)(=O)NC2CC2)cc1. The lowest BCUT2D eigenvalue weighted by molar-refractivity contribution is -0.118. The zero-order valence-electron chi connectivity index (χ0n) is 10.5. The second-order valence-corrected chi connectivity index (χ2v) is 6.51. The highest BCUT2D eigenvalue weighted by Gasteiger charge is 2.27. The van der Waals surface area contributed by atoms with Crippen molar-refractivity contribution >= 4 is 15.8 Å². The van der Waals surface area contributed by atoms with Gasteiger partial charge in [0, 0.05) is 12.0 Å². The second-order valence-electron chi connectivity index (χ2n) is 4.80. The number of sulfonamides is 1. The van der Waals surface area contributed by atoms with Crippen LogP contribution in [0.4, 0.5) is 0 Å². The molecule has 98 valence electrons. The zero-order valence-corrected chi connectivity index (χ0v) is 11.3. The first-order valence-electron chi connectivity index (χ1n) is 6.03. The molecule has 0 saturated heterocycles. The predicted octanol–water partition coefficient (Wildman–Crippen LogP) is 1.82. The molecular formula is C13H17NO3S. The minimum Gasteiger partial charge on any atom is -0.299 e. The third-order valence-corrected chi connectivity index (χ3v) is 4.74. The van der Waals surface area contributed by atoms with Gasteiger partial charge < -0.3 is 0 Å². The maximum atomic E-state index is 11.9. The van der Waals surface area contributed by atoms with Crippen LogP contribution >= 0.6 is 0 Å². The van der Waals surface area contributed by atoms with E-state index in [1.807, 2.05) is 6.92 Å². The van der Waals surface area contributed by atoms with E-state index in [0.717, 1.165) is 18.4 Å². The molecule has 1 aromatic carbocycles. The molecule has 0 aliphatic heterocycles. The van der Waals surface area contributed by atoms with Crippen LogP contribution in [0.25, 0.3) is 0 Å².